The van der Waals surface area contributed by atoms with Crippen molar-refractivity contribution >= 4 is 17.8 Å². The van der Waals surface area contributed by atoms with Crippen LogP contribution in [-0.4, -0.2) is 49.6 Å². The Hall–Kier alpha value is -1.63. The van der Waals surface area contributed by atoms with E-state index in [4.69, 9.17) is 0 Å². The van der Waals surface area contributed by atoms with Gasteiger partial charge in [0.25, 0.3) is 11.8 Å². The van der Waals surface area contributed by atoms with E-state index in [0.29, 0.717) is 6.04 Å². The average molecular weight is 363 g/mol. The molecule has 5 rings (SSSR count). The highest BCUT2D eigenvalue weighted by Crippen LogP contribution is 2.55. The molecule has 0 aromatic carbocycles. The van der Waals surface area contributed by atoms with Crippen LogP contribution in [0.2, 0.25) is 0 Å². The Kier molecular flexibility index (Phi) is 4.67. The smallest absolute Gasteiger partial charge is 0.322 e. The van der Waals surface area contributed by atoms with Crippen LogP contribution in [0, 0.1) is 17.8 Å². The quantitative estimate of drug-likeness (QED) is 0.516. The Balaban J connectivity index is 1.21. The predicted molar refractivity (Wildman–Crippen MR) is 95.4 cm³/mol. The van der Waals surface area contributed by atoms with Gasteiger partial charge in [-0.2, -0.15) is 0 Å². The van der Waals surface area contributed by atoms with Gasteiger partial charge in [-0.15, -0.1) is 0 Å². The summed E-state index contributed by atoms with van der Waals surface area (Å²) >= 11 is 0. The number of likely N-dealkylation sites (N-methyl/N-ethyl adjacent to an activating group) is 1. The third-order valence-corrected chi connectivity index (χ3v) is 6.54. The molecule has 1 unspecified atom stereocenters. The molecule has 26 heavy (non-hydrogen) atoms. The summed E-state index contributed by atoms with van der Waals surface area (Å²) in [7, 11) is 1.79. The molecular formula is C19H31N4O3+. The fraction of sp³-hybridized carbons (Fsp3) is 0.842. The van der Waals surface area contributed by atoms with Crippen LogP contribution in [0.1, 0.15) is 51.4 Å². The molecule has 0 heterocycles. The van der Waals surface area contributed by atoms with Gasteiger partial charge in [-0.25, -0.2) is 4.79 Å². The third-order valence-electron chi connectivity index (χ3n) is 6.54. The first-order valence-corrected chi connectivity index (χ1v) is 10.1. The summed E-state index contributed by atoms with van der Waals surface area (Å²) in [5, 5.41) is 8.53. The second-order valence-electron chi connectivity index (χ2n) is 9.35. The highest BCUT2D eigenvalue weighted by Gasteiger charge is 2.51. The zero-order chi connectivity index (χ0) is 18.3. The minimum Gasteiger partial charge on any atom is -0.348 e. The minimum atomic E-state index is -0.368. The maximum atomic E-state index is 12.4. The molecule has 5 fully saturated rings. The van der Waals surface area contributed by atoms with E-state index in [9.17, 15) is 14.4 Å². The number of quaternary nitrogens is 1. The first-order valence-electron chi connectivity index (χ1n) is 10.1. The Morgan fingerprint density at radius 2 is 1.46 bits per heavy atom. The fourth-order valence-electron chi connectivity index (χ4n) is 5.82. The minimum absolute atomic E-state index is 0.0316. The standard InChI is InChI=1S/C19H30N4O3/c1-23(10-16(24)20-15-2-3-15)11-17(25)21-18(26)22-19-7-12-4-13(8-19)6-14(5-12)9-19/h12-15H,2-11H2,1H3,(H,20,24)(H2,21,22,25,26)/p+1. The van der Waals surface area contributed by atoms with Crippen LogP contribution < -0.4 is 20.9 Å². The van der Waals surface area contributed by atoms with E-state index >= 15 is 0 Å². The second-order valence-corrected chi connectivity index (χ2v) is 9.35. The molecule has 5 aliphatic carbocycles. The molecule has 1 atom stereocenters. The van der Waals surface area contributed by atoms with Gasteiger partial charge in [0.1, 0.15) is 0 Å². The number of nitrogens with one attached hydrogen (secondary N) is 4. The zero-order valence-corrected chi connectivity index (χ0v) is 15.6. The first-order chi connectivity index (χ1) is 12.4. The molecule has 7 heteroatoms. The SMILES string of the molecule is C[NH+](CC(=O)NC(=O)NC12CC3CC(CC(C3)C1)C2)CC(=O)NC1CC1. The summed E-state index contributed by atoms with van der Waals surface area (Å²) in [6.07, 6.45) is 9.24. The van der Waals surface area contributed by atoms with Gasteiger partial charge in [0, 0.05) is 11.6 Å². The number of rotatable bonds is 6. The van der Waals surface area contributed by atoms with Crippen molar-refractivity contribution in [1.82, 2.24) is 16.0 Å². The van der Waals surface area contributed by atoms with Gasteiger partial charge < -0.3 is 15.5 Å². The Morgan fingerprint density at radius 3 is 2.00 bits per heavy atom. The molecule has 0 aromatic heterocycles. The molecule has 0 radical (unpaired) electrons. The number of urea groups is 1. The predicted octanol–water partition coefficient (Wildman–Crippen LogP) is -0.426. The van der Waals surface area contributed by atoms with Crippen molar-refractivity contribution in [3.8, 4) is 0 Å². The topological polar surface area (TPSA) is 91.7 Å². The monoisotopic (exact) mass is 363 g/mol. The fourth-order valence-corrected chi connectivity index (χ4v) is 5.82. The molecule has 4 N–H and O–H groups in total. The number of amides is 4. The second kappa shape index (κ2) is 6.83. The highest BCUT2D eigenvalue weighted by atomic mass is 16.2. The number of imide groups is 1. The summed E-state index contributed by atoms with van der Waals surface area (Å²) < 4.78 is 0. The van der Waals surface area contributed by atoms with Crippen LogP contribution >= 0.6 is 0 Å². The molecule has 0 aromatic rings. The summed E-state index contributed by atoms with van der Waals surface area (Å²) in [6, 6.07) is -0.0395. The van der Waals surface area contributed by atoms with Crippen molar-refractivity contribution in [2.24, 2.45) is 17.8 Å². The number of carbonyl (C=O) groups is 3. The van der Waals surface area contributed by atoms with E-state index in [1.165, 1.54) is 19.3 Å². The van der Waals surface area contributed by atoms with E-state index in [1.807, 2.05) is 0 Å². The van der Waals surface area contributed by atoms with Crippen molar-refractivity contribution in [3.05, 3.63) is 0 Å². The lowest BCUT2D eigenvalue weighted by atomic mass is 9.53. The molecule has 5 aliphatic rings. The molecule has 144 valence electrons. The molecule has 4 amide bonds. The molecule has 4 bridgehead atoms. The van der Waals surface area contributed by atoms with Crippen molar-refractivity contribution in [3.63, 3.8) is 0 Å². The van der Waals surface area contributed by atoms with Crippen LogP contribution in [0.15, 0.2) is 0 Å². The molecule has 5 saturated carbocycles. The number of hydrogen-bond donors (Lipinski definition) is 4. The van der Waals surface area contributed by atoms with Crippen LogP contribution in [0.5, 0.6) is 0 Å². The van der Waals surface area contributed by atoms with Crippen molar-refractivity contribution in [2.75, 3.05) is 20.1 Å². The maximum absolute atomic E-state index is 12.4. The molecule has 0 spiro atoms. The Bertz CT molecular complexity index is 566. The molecule has 7 nitrogen and oxygen atoms in total. The molecule has 0 saturated heterocycles. The van der Waals surface area contributed by atoms with Gasteiger partial charge in [-0.3, -0.25) is 14.9 Å². The van der Waals surface area contributed by atoms with Gasteiger partial charge in [0.15, 0.2) is 13.1 Å². The Morgan fingerprint density at radius 1 is 0.923 bits per heavy atom. The van der Waals surface area contributed by atoms with Gasteiger partial charge in [0.05, 0.1) is 7.05 Å². The average Bonchev–Trinajstić information content (AvgIpc) is 3.27. The zero-order valence-electron chi connectivity index (χ0n) is 15.6. The van der Waals surface area contributed by atoms with Gasteiger partial charge >= 0.3 is 6.03 Å². The largest absolute Gasteiger partial charge is 0.348 e. The third kappa shape index (κ3) is 4.19. The van der Waals surface area contributed by atoms with Crippen molar-refractivity contribution in [2.45, 2.75) is 62.9 Å². The lowest BCUT2D eigenvalue weighted by Gasteiger charge is -2.56. The number of carbonyl (C=O) groups excluding carboxylic acids is 3. The van der Waals surface area contributed by atoms with E-state index in [-0.39, 0.29) is 36.5 Å². The number of hydrogen-bond acceptors (Lipinski definition) is 3. The summed E-state index contributed by atoms with van der Waals surface area (Å²) in [4.78, 5) is 37.1. The molecular weight excluding hydrogens is 332 g/mol. The van der Waals surface area contributed by atoms with Gasteiger partial charge in [0.2, 0.25) is 0 Å². The normalized spacial score (nSPS) is 35.7. The van der Waals surface area contributed by atoms with Crippen LogP contribution in [0.25, 0.3) is 0 Å². The lowest BCUT2D eigenvalue weighted by Crippen LogP contribution is -3.11. The molecule has 0 aliphatic heterocycles. The summed E-state index contributed by atoms with van der Waals surface area (Å²) in [5.41, 5.74) is -0.0952. The van der Waals surface area contributed by atoms with Crippen molar-refractivity contribution < 1.29 is 19.3 Å². The summed E-state index contributed by atoms with van der Waals surface area (Å²) in [5.74, 6) is 1.88. The van der Waals surface area contributed by atoms with E-state index in [0.717, 1.165) is 54.8 Å². The Labute approximate surface area is 154 Å². The lowest BCUT2D eigenvalue weighted by molar-refractivity contribution is -0.862. The van der Waals surface area contributed by atoms with Gasteiger partial charge in [-0.05, 0) is 69.1 Å². The van der Waals surface area contributed by atoms with Crippen LogP contribution in [0.4, 0.5) is 4.79 Å². The van der Waals surface area contributed by atoms with Crippen molar-refractivity contribution in [1.29, 1.82) is 0 Å². The highest BCUT2D eigenvalue weighted by molar-refractivity contribution is 5.95. The van der Waals surface area contributed by atoms with E-state index in [2.05, 4.69) is 16.0 Å². The van der Waals surface area contributed by atoms with Crippen LogP contribution in [-0.2, 0) is 9.59 Å². The van der Waals surface area contributed by atoms with Gasteiger partial charge in [-0.1, -0.05) is 0 Å². The first kappa shape index (κ1) is 17.8. The van der Waals surface area contributed by atoms with E-state index < -0.39 is 0 Å². The van der Waals surface area contributed by atoms with Crippen LogP contribution in [0.3, 0.4) is 0 Å². The van der Waals surface area contributed by atoms with E-state index in [1.54, 1.807) is 7.05 Å². The summed E-state index contributed by atoms with van der Waals surface area (Å²) in [6.45, 7) is 0.368. The maximum Gasteiger partial charge on any atom is 0.322 e.